The SMILES string of the molecule is CC(C)n1ccc(-c2c(F)cccc2Cl)n1. The van der Waals surface area contributed by atoms with Crippen molar-refractivity contribution in [3.8, 4) is 11.3 Å². The maximum Gasteiger partial charge on any atom is 0.134 e. The van der Waals surface area contributed by atoms with Crippen LogP contribution in [-0.4, -0.2) is 9.78 Å². The Balaban J connectivity index is 2.50. The molecule has 0 N–H and O–H groups in total. The molecule has 0 fully saturated rings. The molecule has 4 heteroatoms. The van der Waals surface area contributed by atoms with Crippen molar-refractivity contribution in [3.63, 3.8) is 0 Å². The second kappa shape index (κ2) is 4.26. The number of nitrogens with zero attached hydrogens (tertiary/aromatic N) is 2. The third-order valence-corrected chi connectivity index (χ3v) is 2.67. The fraction of sp³-hybridized carbons (Fsp3) is 0.250. The van der Waals surface area contributed by atoms with Gasteiger partial charge in [0.05, 0.1) is 16.3 Å². The van der Waals surface area contributed by atoms with Gasteiger partial charge in [-0.1, -0.05) is 17.7 Å². The Morgan fingerprint density at radius 2 is 2.06 bits per heavy atom. The second-order valence-electron chi connectivity index (χ2n) is 3.87. The van der Waals surface area contributed by atoms with Gasteiger partial charge in [-0.2, -0.15) is 5.10 Å². The Morgan fingerprint density at radius 1 is 1.31 bits per heavy atom. The molecule has 16 heavy (non-hydrogen) atoms. The Hall–Kier alpha value is -1.35. The van der Waals surface area contributed by atoms with Gasteiger partial charge in [0.2, 0.25) is 0 Å². The maximum atomic E-state index is 13.6. The summed E-state index contributed by atoms with van der Waals surface area (Å²) in [6, 6.07) is 6.65. The quantitative estimate of drug-likeness (QED) is 0.775. The molecular formula is C12H12ClFN2. The second-order valence-corrected chi connectivity index (χ2v) is 4.28. The van der Waals surface area contributed by atoms with Crippen LogP contribution in [0.25, 0.3) is 11.3 Å². The van der Waals surface area contributed by atoms with Crippen LogP contribution in [0.3, 0.4) is 0 Å². The minimum Gasteiger partial charge on any atom is -0.270 e. The molecule has 0 saturated carbocycles. The van der Waals surface area contributed by atoms with Crippen LogP contribution in [0.1, 0.15) is 19.9 Å². The van der Waals surface area contributed by atoms with E-state index in [2.05, 4.69) is 5.10 Å². The summed E-state index contributed by atoms with van der Waals surface area (Å²) < 4.78 is 15.4. The van der Waals surface area contributed by atoms with Crippen LogP contribution in [0.2, 0.25) is 5.02 Å². The zero-order valence-corrected chi connectivity index (χ0v) is 9.87. The molecule has 0 aliphatic rings. The Bertz CT molecular complexity index is 485. The molecular weight excluding hydrogens is 227 g/mol. The fourth-order valence-corrected chi connectivity index (χ4v) is 1.76. The van der Waals surface area contributed by atoms with Crippen LogP contribution in [0.4, 0.5) is 4.39 Å². The van der Waals surface area contributed by atoms with Gasteiger partial charge in [0.1, 0.15) is 5.82 Å². The van der Waals surface area contributed by atoms with Gasteiger partial charge in [-0.15, -0.1) is 0 Å². The molecule has 0 aliphatic heterocycles. The van der Waals surface area contributed by atoms with E-state index in [1.165, 1.54) is 6.07 Å². The van der Waals surface area contributed by atoms with Crippen molar-refractivity contribution >= 4 is 11.6 Å². The summed E-state index contributed by atoms with van der Waals surface area (Å²) in [5.41, 5.74) is 0.931. The number of hydrogen-bond donors (Lipinski definition) is 0. The first-order chi connectivity index (χ1) is 7.59. The molecule has 84 valence electrons. The van der Waals surface area contributed by atoms with Crippen molar-refractivity contribution in [1.29, 1.82) is 0 Å². The van der Waals surface area contributed by atoms with E-state index in [-0.39, 0.29) is 11.9 Å². The average Bonchev–Trinajstić information content (AvgIpc) is 2.66. The lowest BCUT2D eigenvalue weighted by molar-refractivity contribution is 0.533. The van der Waals surface area contributed by atoms with Crippen LogP contribution in [0.15, 0.2) is 30.5 Å². The molecule has 1 aromatic carbocycles. The molecule has 1 aromatic heterocycles. The maximum absolute atomic E-state index is 13.6. The lowest BCUT2D eigenvalue weighted by Crippen LogP contribution is -2.01. The summed E-state index contributed by atoms with van der Waals surface area (Å²) >= 11 is 5.96. The smallest absolute Gasteiger partial charge is 0.134 e. The molecule has 2 rings (SSSR count). The molecule has 2 aromatic rings. The summed E-state index contributed by atoms with van der Waals surface area (Å²) in [5, 5.41) is 4.68. The predicted octanol–water partition coefficient (Wildman–Crippen LogP) is 3.92. The molecule has 0 radical (unpaired) electrons. The third-order valence-electron chi connectivity index (χ3n) is 2.36. The minimum absolute atomic E-state index is 0.249. The number of aromatic nitrogens is 2. The number of halogens is 2. The molecule has 1 heterocycles. The van der Waals surface area contributed by atoms with Gasteiger partial charge in [-0.05, 0) is 32.0 Å². The van der Waals surface area contributed by atoms with Crippen molar-refractivity contribution in [3.05, 3.63) is 41.3 Å². The van der Waals surface area contributed by atoms with Gasteiger partial charge in [0.25, 0.3) is 0 Å². The van der Waals surface area contributed by atoms with Gasteiger partial charge < -0.3 is 0 Å². The van der Waals surface area contributed by atoms with Crippen LogP contribution < -0.4 is 0 Å². The lowest BCUT2D eigenvalue weighted by Gasteiger charge is -2.05. The topological polar surface area (TPSA) is 17.8 Å². The Morgan fingerprint density at radius 3 is 2.62 bits per heavy atom. The van der Waals surface area contributed by atoms with E-state index in [4.69, 9.17) is 11.6 Å². The number of benzene rings is 1. The van der Waals surface area contributed by atoms with Gasteiger partial charge in [0, 0.05) is 12.2 Å². The summed E-state index contributed by atoms with van der Waals surface area (Å²) in [6.45, 7) is 4.03. The predicted molar refractivity (Wildman–Crippen MR) is 63.0 cm³/mol. The van der Waals surface area contributed by atoms with Gasteiger partial charge in [-0.3, -0.25) is 4.68 Å². The molecule has 0 unspecified atom stereocenters. The molecule has 0 atom stereocenters. The largest absolute Gasteiger partial charge is 0.270 e. The first-order valence-electron chi connectivity index (χ1n) is 5.09. The van der Waals surface area contributed by atoms with Crippen LogP contribution in [0.5, 0.6) is 0 Å². The normalized spacial score (nSPS) is 11.1. The van der Waals surface area contributed by atoms with Crippen LogP contribution in [-0.2, 0) is 0 Å². The van der Waals surface area contributed by atoms with Crippen molar-refractivity contribution in [2.24, 2.45) is 0 Å². The van der Waals surface area contributed by atoms with Gasteiger partial charge in [-0.25, -0.2) is 4.39 Å². The highest BCUT2D eigenvalue weighted by atomic mass is 35.5. The average molecular weight is 239 g/mol. The number of hydrogen-bond acceptors (Lipinski definition) is 1. The van der Waals surface area contributed by atoms with E-state index in [0.29, 0.717) is 16.3 Å². The minimum atomic E-state index is -0.346. The zero-order chi connectivity index (χ0) is 11.7. The van der Waals surface area contributed by atoms with Crippen molar-refractivity contribution in [2.45, 2.75) is 19.9 Å². The first kappa shape index (κ1) is 11.1. The van der Waals surface area contributed by atoms with Gasteiger partial charge >= 0.3 is 0 Å². The van der Waals surface area contributed by atoms with Crippen LogP contribution >= 0.6 is 11.6 Å². The van der Waals surface area contributed by atoms with E-state index in [9.17, 15) is 4.39 Å². The summed E-state index contributed by atoms with van der Waals surface area (Å²) in [6.07, 6.45) is 1.82. The van der Waals surface area contributed by atoms with E-state index in [1.807, 2.05) is 20.0 Å². The fourth-order valence-electron chi connectivity index (χ4n) is 1.50. The molecule has 0 spiro atoms. The summed E-state index contributed by atoms with van der Waals surface area (Å²) in [7, 11) is 0. The van der Waals surface area contributed by atoms with Crippen molar-refractivity contribution < 1.29 is 4.39 Å². The third kappa shape index (κ3) is 1.95. The number of rotatable bonds is 2. The zero-order valence-electron chi connectivity index (χ0n) is 9.11. The Labute approximate surface area is 98.7 Å². The molecule has 0 bridgehead atoms. The summed E-state index contributed by atoms with van der Waals surface area (Å²) in [4.78, 5) is 0. The van der Waals surface area contributed by atoms with E-state index in [0.717, 1.165) is 0 Å². The molecule has 2 nitrogen and oxygen atoms in total. The summed E-state index contributed by atoms with van der Waals surface area (Å²) in [5.74, 6) is -0.346. The van der Waals surface area contributed by atoms with Gasteiger partial charge in [0.15, 0.2) is 0 Å². The molecule has 0 aliphatic carbocycles. The Kier molecular flexibility index (Phi) is 2.97. The molecule has 0 amide bonds. The first-order valence-corrected chi connectivity index (χ1v) is 5.47. The highest BCUT2D eigenvalue weighted by Crippen LogP contribution is 2.29. The van der Waals surface area contributed by atoms with E-state index in [1.54, 1.807) is 22.9 Å². The molecule has 0 saturated heterocycles. The van der Waals surface area contributed by atoms with Crippen molar-refractivity contribution in [1.82, 2.24) is 9.78 Å². The van der Waals surface area contributed by atoms with Crippen LogP contribution in [0, 0.1) is 5.82 Å². The monoisotopic (exact) mass is 238 g/mol. The highest BCUT2D eigenvalue weighted by Gasteiger charge is 2.12. The standard InChI is InChI=1S/C12H12ClFN2/c1-8(2)16-7-6-11(15-16)12-9(13)4-3-5-10(12)14/h3-8H,1-2H3. The lowest BCUT2D eigenvalue weighted by atomic mass is 10.1. The van der Waals surface area contributed by atoms with E-state index >= 15 is 0 Å². The van der Waals surface area contributed by atoms with E-state index < -0.39 is 0 Å². The van der Waals surface area contributed by atoms with Crippen molar-refractivity contribution in [2.75, 3.05) is 0 Å². The highest BCUT2D eigenvalue weighted by molar-refractivity contribution is 6.33.